The van der Waals surface area contributed by atoms with E-state index in [1.807, 2.05) is 6.07 Å². The van der Waals surface area contributed by atoms with Crippen molar-refractivity contribution in [3.05, 3.63) is 82.0 Å². The van der Waals surface area contributed by atoms with Crippen molar-refractivity contribution in [3.63, 3.8) is 0 Å². The zero-order valence-electron chi connectivity index (χ0n) is 18.1. The molecule has 0 aliphatic heterocycles. The van der Waals surface area contributed by atoms with Crippen LogP contribution in [-0.2, 0) is 37.0 Å². The number of halogens is 1. The number of aromatic nitrogens is 2. The van der Waals surface area contributed by atoms with E-state index in [1.54, 1.807) is 50.5 Å². The van der Waals surface area contributed by atoms with Crippen LogP contribution >= 0.6 is 11.8 Å². The zero-order chi connectivity index (χ0) is 23.3. The number of fused-ring (bicyclic) bond motifs is 2. The monoisotopic (exact) mass is 483 g/mol. The number of rotatable bonds is 5. The Kier molecular flexibility index (Phi) is 5.33. The van der Waals surface area contributed by atoms with Crippen LogP contribution in [-0.4, -0.2) is 17.6 Å². The molecule has 1 aliphatic carbocycles. The summed E-state index contributed by atoms with van der Waals surface area (Å²) in [4.78, 5) is 14.0. The number of nitrogens with one attached hydrogen (secondary N) is 1. The predicted molar refractivity (Wildman–Crippen MR) is 128 cm³/mol. The minimum Gasteiger partial charge on any atom is -0.295 e. The van der Waals surface area contributed by atoms with Gasteiger partial charge in [-0.2, -0.15) is 0 Å². The van der Waals surface area contributed by atoms with Crippen LogP contribution in [0.1, 0.15) is 17.5 Å². The first-order valence-corrected chi connectivity index (χ1v) is 12.8. The van der Waals surface area contributed by atoms with Crippen molar-refractivity contribution >= 4 is 38.5 Å². The molecule has 1 aliphatic rings. The van der Waals surface area contributed by atoms with E-state index in [9.17, 15) is 17.6 Å². The lowest BCUT2D eigenvalue weighted by atomic mass is 10.1. The molecule has 0 fully saturated rings. The second-order valence-corrected chi connectivity index (χ2v) is 11.0. The van der Waals surface area contributed by atoms with E-state index in [2.05, 4.69) is 4.72 Å². The van der Waals surface area contributed by atoms with E-state index in [-0.39, 0.29) is 16.4 Å². The highest BCUT2D eigenvalue weighted by Gasteiger charge is 2.22. The van der Waals surface area contributed by atoms with Crippen LogP contribution < -0.4 is 10.4 Å². The van der Waals surface area contributed by atoms with Gasteiger partial charge in [-0.3, -0.25) is 13.9 Å². The van der Waals surface area contributed by atoms with Gasteiger partial charge >= 0.3 is 5.69 Å². The smallest absolute Gasteiger partial charge is 0.295 e. The molecule has 0 spiro atoms. The van der Waals surface area contributed by atoms with Gasteiger partial charge in [0.2, 0.25) is 0 Å². The number of anilines is 1. The lowest BCUT2D eigenvalue weighted by Gasteiger charge is -2.14. The predicted octanol–water partition coefficient (Wildman–Crippen LogP) is 4.46. The SMILES string of the molecule is Cn1c(=O)n(C)c2cc(Sc3ccc(F)cc3)c(NS(=O)(=O)c3ccc4c(c3)CCC4)cc21. The fraction of sp³-hybridized carbons (Fsp3) is 0.208. The van der Waals surface area contributed by atoms with Gasteiger partial charge in [-0.05, 0) is 78.9 Å². The van der Waals surface area contributed by atoms with Crippen molar-refractivity contribution in [2.24, 2.45) is 14.1 Å². The van der Waals surface area contributed by atoms with Crippen LogP contribution in [0.4, 0.5) is 10.1 Å². The molecule has 6 nitrogen and oxygen atoms in total. The zero-order valence-corrected chi connectivity index (χ0v) is 19.8. The van der Waals surface area contributed by atoms with Gasteiger partial charge in [-0.1, -0.05) is 17.8 Å². The first-order valence-electron chi connectivity index (χ1n) is 10.5. The van der Waals surface area contributed by atoms with Crippen LogP contribution in [0.3, 0.4) is 0 Å². The molecule has 9 heteroatoms. The van der Waals surface area contributed by atoms with Gasteiger partial charge in [0.05, 0.1) is 21.6 Å². The highest BCUT2D eigenvalue weighted by molar-refractivity contribution is 7.99. The minimum absolute atomic E-state index is 0.207. The third-order valence-corrected chi connectivity index (χ3v) is 8.47. The number of hydrogen-bond acceptors (Lipinski definition) is 4. The van der Waals surface area contributed by atoms with Gasteiger partial charge in [-0.15, -0.1) is 0 Å². The molecule has 33 heavy (non-hydrogen) atoms. The Bertz CT molecular complexity index is 1550. The normalized spacial score (nSPS) is 13.4. The second-order valence-electron chi connectivity index (χ2n) is 8.18. The number of sulfonamides is 1. The van der Waals surface area contributed by atoms with E-state index in [4.69, 9.17) is 0 Å². The minimum atomic E-state index is -3.86. The molecule has 0 bridgehead atoms. The first kappa shape index (κ1) is 21.8. The summed E-state index contributed by atoms with van der Waals surface area (Å²) < 4.78 is 45.7. The molecule has 1 heterocycles. The van der Waals surface area contributed by atoms with Crippen molar-refractivity contribution in [1.29, 1.82) is 0 Å². The Labute approximate surface area is 195 Å². The molecule has 0 radical (unpaired) electrons. The van der Waals surface area contributed by atoms with Crippen molar-refractivity contribution < 1.29 is 12.8 Å². The van der Waals surface area contributed by atoms with Gasteiger partial charge in [0, 0.05) is 23.9 Å². The summed E-state index contributed by atoms with van der Waals surface area (Å²) in [5, 5.41) is 0. The number of nitrogens with zero attached hydrogens (tertiary/aromatic N) is 2. The van der Waals surface area contributed by atoms with E-state index >= 15 is 0 Å². The average molecular weight is 484 g/mol. The molecule has 0 atom stereocenters. The summed E-state index contributed by atoms with van der Waals surface area (Å²) in [5.74, 6) is -0.349. The largest absolute Gasteiger partial charge is 0.328 e. The quantitative estimate of drug-likeness (QED) is 0.455. The third kappa shape index (κ3) is 3.95. The number of aryl methyl sites for hydroxylation is 4. The van der Waals surface area contributed by atoms with Crippen LogP contribution in [0.25, 0.3) is 11.0 Å². The average Bonchev–Trinajstić information content (AvgIpc) is 3.34. The number of imidazole rings is 1. The van der Waals surface area contributed by atoms with Crippen molar-refractivity contribution in [2.75, 3.05) is 4.72 Å². The van der Waals surface area contributed by atoms with Gasteiger partial charge in [0.25, 0.3) is 10.0 Å². The molecular formula is C24H22FN3O3S2. The van der Waals surface area contributed by atoms with Crippen molar-refractivity contribution in [2.45, 2.75) is 33.9 Å². The molecule has 0 amide bonds. The Balaban J connectivity index is 1.61. The topological polar surface area (TPSA) is 73.1 Å². The Morgan fingerprint density at radius 2 is 1.58 bits per heavy atom. The fourth-order valence-corrected chi connectivity index (χ4v) is 6.34. The molecule has 4 aromatic rings. The third-order valence-electron chi connectivity index (χ3n) is 6.04. The Morgan fingerprint density at radius 1 is 0.909 bits per heavy atom. The molecule has 1 aromatic heterocycles. The highest BCUT2D eigenvalue weighted by atomic mass is 32.2. The van der Waals surface area contributed by atoms with Gasteiger partial charge < -0.3 is 0 Å². The van der Waals surface area contributed by atoms with Gasteiger partial charge in [0.1, 0.15) is 5.82 Å². The number of benzene rings is 3. The van der Waals surface area contributed by atoms with E-state index in [1.165, 1.54) is 38.6 Å². The van der Waals surface area contributed by atoms with E-state index in [0.717, 1.165) is 29.7 Å². The van der Waals surface area contributed by atoms with Crippen LogP contribution in [0.2, 0.25) is 0 Å². The van der Waals surface area contributed by atoms with Crippen LogP contribution in [0, 0.1) is 5.82 Å². The standard InChI is InChI=1S/C24H22FN3O3S2/c1-27-21-13-20(26-33(30,31)19-11-6-15-4-3-5-16(15)12-19)23(14-22(21)28(2)24(27)29)32-18-9-7-17(25)8-10-18/h6-14,26H,3-5H2,1-2H3. The molecule has 1 N–H and O–H groups in total. The van der Waals surface area contributed by atoms with E-state index in [0.29, 0.717) is 21.6 Å². The van der Waals surface area contributed by atoms with E-state index < -0.39 is 10.0 Å². The molecule has 170 valence electrons. The fourth-order valence-electron chi connectivity index (χ4n) is 4.24. The molecular weight excluding hydrogens is 461 g/mol. The lowest BCUT2D eigenvalue weighted by Crippen LogP contribution is -2.19. The first-order chi connectivity index (χ1) is 15.7. The van der Waals surface area contributed by atoms with Crippen LogP contribution in [0.15, 0.2) is 74.1 Å². The van der Waals surface area contributed by atoms with Gasteiger partial charge in [0.15, 0.2) is 0 Å². The summed E-state index contributed by atoms with van der Waals surface area (Å²) in [6.07, 6.45) is 2.88. The lowest BCUT2D eigenvalue weighted by molar-refractivity contribution is 0.601. The molecule has 0 saturated heterocycles. The maximum Gasteiger partial charge on any atom is 0.328 e. The Hall–Kier alpha value is -3.04. The van der Waals surface area contributed by atoms with Crippen LogP contribution in [0.5, 0.6) is 0 Å². The second kappa shape index (κ2) is 8.07. The summed E-state index contributed by atoms with van der Waals surface area (Å²) in [7, 11) is -0.538. The number of hydrogen-bond donors (Lipinski definition) is 1. The Morgan fingerprint density at radius 3 is 2.30 bits per heavy atom. The molecule has 3 aromatic carbocycles. The molecule has 0 unspecified atom stereocenters. The maximum absolute atomic E-state index is 13.4. The van der Waals surface area contributed by atoms with Crippen molar-refractivity contribution in [1.82, 2.24) is 9.13 Å². The highest BCUT2D eigenvalue weighted by Crippen LogP contribution is 2.37. The van der Waals surface area contributed by atoms with Gasteiger partial charge in [-0.25, -0.2) is 17.6 Å². The molecule has 5 rings (SSSR count). The van der Waals surface area contributed by atoms with Crippen molar-refractivity contribution in [3.8, 4) is 0 Å². The summed E-state index contributed by atoms with van der Waals surface area (Å²) in [6.45, 7) is 0. The summed E-state index contributed by atoms with van der Waals surface area (Å²) in [5.41, 5.74) is 3.70. The summed E-state index contributed by atoms with van der Waals surface area (Å²) >= 11 is 1.30. The maximum atomic E-state index is 13.4. The molecule has 0 saturated carbocycles. The summed E-state index contributed by atoms with van der Waals surface area (Å²) in [6, 6.07) is 14.7.